The molecule has 0 radical (unpaired) electrons. The van der Waals surface area contributed by atoms with Gasteiger partial charge in [-0.2, -0.15) is 5.26 Å². The molecular formula is C14H17FN2O. The summed E-state index contributed by atoms with van der Waals surface area (Å²) >= 11 is 0. The summed E-state index contributed by atoms with van der Waals surface area (Å²) < 4.78 is 14.0. The molecular weight excluding hydrogens is 231 g/mol. The smallest absolute Gasteiger partial charge is 0.159 e. The SMILES string of the molecule is CC(=O)c1ccc(N(CCC#N)C(C)C)c(F)c1. The quantitative estimate of drug-likeness (QED) is 0.752. The molecule has 3 nitrogen and oxygen atoms in total. The third kappa shape index (κ3) is 3.30. The van der Waals surface area contributed by atoms with Gasteiger partial charge in [0.15, 0.2) is 5.78 Å². The van der Waals surface area contributed by atoms with E-state index >= 15 is 0 Å². The lowest BCUT2D eigenvalue weighted by molar-refractivity contribution is 0.101. The van der Waals surface area contributed by atoms with Crippen molar-refractivity contribution in [3.05, 3.63) is 29.6 Å². The summed E-state index contributed by atoms with van der Waals surface area (Å²) in [6.07, 6.45) is 0.339. The first-order chi connectivity index (χ1) is 8.47. The molecule has 0 heterocycles. The number of carbonyl (C=O) groups excluding carboxylic acids is 1. The van der Waals surface area contributed by atoms with Gasteiger partial charge in [0.25, 0.3) is 0 Å². The van der Waals surface area contributed by atoms with Gasteiger partial charge in [-0.05, 0) is 39.0 Å². The molecule has 0 aliphatic rings. The number of hydrogen-bond donors (Lipinski definition) is 0. The molecule has 0 unspecified atom stereocenters. The first kappa shape index (κ1) is 14.2. The van der Waals surface area contributed by atoms with E-state index in [1.54, 1.807) is 12.1 Å². The second kappa shape index (κ2) is 6.15. The topological polar surface area (TPSA) is 44.1 Å². The Bertz CT molecular complexity index is 477. The number of nitrogens with zero attached hydrogens (tertiary/aromatic N) is 2. The predicted molar refractivity (Wildman–Crippen MR) is 69.1 cm³/mol. The van der Waals surface area contributed by atoms with Crippen molar-refractivity contribution in [1.82, 2.24) is 0 Å². The van der Waals surface area contributed by atoms with E-state index in [0.717, 1.165) is 0 Å². The monoisotopic (exact) mass is 248 g/mol. The lowest BCUT2D eigenvalue weighted by atomic mass is 10.1. The molecule has 0 spiro atoms. The predicted octanol–water partition coefficient (Wildman–Crippen LogP) is 3.16. The molecule has 1 rings (SSSR count). The fraction of sp³-hybridized carbons (Fsp3) is 0.429. The first-order valence-electron chi connectivity index (χ1n) is 5.91. The van der Waals surface area contributed by atoms with Gasteiger partial charge in [0.05, 0.1) is 18.2 Å². The van der Waals surface area contributed by atoms with Crippen molar-refractivity contribution >= 4 is 11.5 Å². The molecule has 0 aliphatic heterocycles. The van der Waals surface area contributed by atoms with Crippen LogP contribution in [0, 0.1) is 17.1 Å². The number of anilines is 1. The van der Waals surface area contributed by atoms with E-state index in [1.165, 1.54) is 13.0 Å². The molecule has 0 saturated carbocycles. The third-order valence-corrected chi connectivity index (χ3v) is 2.75. The number of halogens is 1. The number of rotatable bonds is 5. The van der Waals surface area contributed by atoms with E-state index in [2.05, 4.69) is 6.07 Å². The number of hydrogen-bond acceptors (Lipinski definition) is 3. The largest absolute Gasteiger partial charge is 0.366 e. The standard InChI is InChI=1S/C14H17FN2O/c1-10(2)17(8-4-7-16)14-6-5-12(11(3)18)9-13(14)15/h5-6,9-10H,4,8H2,1-3H3. The number of nitriles is 1. The summed E-state index contributed by atoms with van der Waals surface area (Å²) in [6, 6.07) is 6.61. The first-order valence-corrected chi connectivity index (χ1v) is 5.91. The molecule has 1 aromatic carbocycles. The van der Waals surface area contributed by atoms with Crippen LogP contribution in [0.25, 0.3) is 0 Å². The summed E-state index contributed by atoms with van der Waals surface area (Å²) in [4.78, 5) is 13.0. The van der Waals surface area contributed by atoms with Gasteiger partial charge >= 0.3 is 0 Å². The number of benzene rings is 1. The molecule has 0 aromatic heterocycles. The van der Waals surface area contributed by atoms with E-state index in [9.17, 15) is 9.18 Å². The van der Waals surface area contributed by atoms with Crippen LogP contribution in [-0.2, 0) is 0 Å². The van der Waals surface area contributed by atoms with Crippen molar-refractivity contribution < 1.29 is 9.18 Å². The van der Waals surface area contributed by atoms with E-state index in [4.69, 9.17) is 5.26 Å². The minimum Gasteiger partial charge on any atom is -0.366 e. The fourth-order valence-corrected chi connectivity index (χ4v) is 1.79. The maximum Gasteiger partial charge on any atom is 0.159 e. The minimum absolute atomic E-state index is 0.0935. The minimum atomic E-state index is -0.422. The summed E-state index contributed by atoms with van der Waals surface area (Å²) in [5.74, 6) is -0.581. The van der Waals surface area contributed by atoms with Crippen LogP contribution < -0.4 is 4.90 Å². The number of ketones is 1. The van der Waals surface area contributed by atoms with Crippen LogP contribution in [0.4, 0.5) is 10.1 Å². The maximum atomic E-state index is 14.0. The van der Waals surface area contributed by atoms with Crippen molar-refractivity contribution in [2.75, 3.05) is 11.4 Å². The molecule has 1 aromatic rings. The average molecular weight is 248 g/mol. The highest BCUT2D eigenvalue weighted by molar-refractivity contribution is 5.94. The average Bonchev–Trinajstić information content (AvgIpc) is 2.30. The van der Waals surface area contributed by atoms with Crippen molar-refractivity contribution in [1.29, 1.82) is 5.26 Å². The lowest BCUT2D eigenvalue weighted by Gasteiger charge is -2.28. The summed E-state index contributed by atoms with van der Waals surface area (Å²) in [7, 11) is 0. The second-order valence-corrected chi connectivity index (χ2v) is 4.42. The molecule has 0 saturated heterocycles. The lowest BCUT2D eigenvalue weighted by Crippen LogP contribution is -2.32. The van der Waals surface area contributed by atoms with E-state index < -0.39 is 5.82 Å². The Balaban J connectivity index is 3.06. The highest BCUT2D eigenvalue weighted by atomic mass is 19.1. The molecule has 4 heteroatoms. The van der Waals surface area contributed by atoms with Gasteiger partial charge in [-0.1, -0.05) is 0 Å². The Morgan fingerprint density at radius 3 is 2.61 bits per heavy atom. The number of Topliss-reactive ketones (excluding diaryl/α,β-unsaturated/α-hetero) is 1. The van der Waals surface area contributed by atoms with Crippen molar-refractivity contribution in [2.45, 2.75) is 33.2 Å². The molecule has 0 aliphatic carbocycles. The van der Waals surface area contributed by atoms with Crippen LogP contribution >= 0.6 is 0 Å². The second-order valence-electron chi connectivity index (χ2n) is 4.42. The highest BCUT2D eigenvalue weighted by Crippen LogP contribution is 2.23. The van der Waals surface area contributed by atoms with Crippen molar-refractivity contribution in [3.8, 4) is 6.07 Å². The normalized spacial score (nSPS) is 10.2. The summed E-state index contributed by atoms with van der Waals surface area (Å²) in [6.45, 7) is 5.76. The third-order valence-electron chi connectivity index (χ3n) is 2.75. The zero-order chi connectivity index (χ0) is 13.7. The van der Waals surface area contributed by atoms with Crippen LogP contribution in [-0.4, -0.2) is 18.4 Å². The zero-order valence-corrected chi connectivity index (χ0v) is 10.9. The van der Waals surface area contributed by atoms with Crippen molar-refractivity contribution in [2.24, 2.45) is 0 Å². The molecule has 0 fully saturated rings. The van der Waals surface area contributed by atoms with Gasteiger partial charge in [-0.3, -0.25) is 4.79 Å². The van der Waals surface area contributed by atoms with Gasteiger partial charge in [0, 0.05) is 18.2 Å². The molecule has 0 amide bonds. The van der Waals surface area contributed by atoms with Crippen LogP contribution in [0.1, 0.15) is 37.6 Å². The van der Waals surface area contributed by atoms with Crippen LogP contribution in [0.5, 0.6) is 0 Å². The van der Waals surface area contributed by atoms with E-state index in [-0.39, 0.29) is 11.8 Å². The Morgan fingerprint density at radius 2 is 2.17 bits per heavy atom. The van der Waals surface area contributed by atoms with E-state index in [1.807, 2.05) is 18.7 Å². The van der Waals surface area contributed by atoms with Crippen LogP contribution in [0.15, 0.2) is 18.2 Å². The maximum absolute atomic E-state index is 14.0. The van der Waals surface area contributed by atoms with E-state index in [0.29, 0.717) is 24.2 Å². The molecule has 0 bridgehead atoms. The van der Waals surface area contributed by atoms with Gasteiger partial charge < -0.3 is 4.90 Å². The molecule has 0 N–H and O–H groups in total. The van der Waals surface area contributed by atoms with Gasteiger partial charge in [0.2, 0.25) is 0 Å². The van der Waals surface area contributed by atoms with Gasteiger partial charge in [-0.25, -0.2) is 4.39 Å². The van der Waals surface area contributed by atoms with Crippen LogP contribution in [0.2, 0.25) is 0 Å². The molecule has 18 heavy (non-hydrogen) atoms. The van der Waals surface area contributed by atoms with Crippen molar-refractivity contribution in [3.63, 3.8) is 0 Å². The number of carbonyl (C=O) groups is 1. The summed E-state index contributed by atoms with van der Waals surface area (Å²) in [5, 5.41) is 8.61. The molecule has 96 valence electrons. The van der Waals surface area contributed by atoms with Crippen LogP contribution in [0.3, 0.4) is 0 Å². The zero-order valence-electron chi connectivity index (χ0n) is 10.9. The Morgan fingerprint density at radius 1 is 1.50 bits per heavy atom. The Hall–Kier alpha value is -1.89. The summed E-state index contributed by atoms with van der Waals surface area (Å²) in [5.41, 5.74) is 0.797. The van der Waals surface area contributed by atoms with Gasteiger partial charge in [0.1, 0.15) is 5.82 Å². The fourth-order valence-electron chi connectivity index (χ4n) is 1.79. The Labute approximate surface area is 107 Å². The molecule has 0 atom stereocenters. The Kier molecular flexibility index (Phi) is 4.85. The van der Waals surface area contributed by atoms with Gasteiger partial charge in [-0.15, -0.1) is 0 Å². The highest BCUT2D eigenvalue weighted by Gasteiger charge is 2.15.